The molecule has 3 saturated carbocycles. The van der Waals surface area contributed by atoms with Gasteiger partial charge in [0, 0.05) is 13.2 Å². The van der Waals surface area contributed by atoms with Crippen molar-refractivity contribution in [2.75, 3.05) is 13.2 Å². The molecule has 0 aromatic rings. The van der Waals surface area contributed by atoms with Gasteiger partial charge in [-0.1, -0.05) is 19.3 Å². The maximum atomic E-state index is 9.50. The van der Waals surface area contributed by atoms with Gasteiger partial charge in [0.25, 0.3) is 0 Å². The third-order valence-corrected chi connectivity index (χ3v) is 6.04. The van der Waals surface area contributed by atoms with Crippen LogP contribution in [0.4, 0.5) is 0 Å². The van der Waals surface area contributed by atoms with Gasteiger partial charge in [-0.25, -0.2) is 0 Å². The first-order chi connectivity index (χ1) is 8.33. The van der Waals surface area contributed by atoms with E-state index in [-0.39, 0.29) is 13.2 Å². The van der Waals surface area contributed by atoms with Crippen LogP contribution >= 0.6 is 0 Å². The number of rotatable bonds is 2. The number of fused-ring (bicyclic) bond motifs is 3. The minimum Gasteiger partial charge on any atom is -0.396 e. The van der Waals surface area contributed by atoms with Crippen LogP contribution in [-0.4, -0.2) is 23.4 Å². The molecule has 2 heteroatoms. The summed E-state index contributed by atoms with van der Waals surface area (Å²) < 4.78 is 0. The minimum absolute atomic E-state index is 0.282. The molecule has 3 fully saturated rings. The lowest BCUT2D eigenvalue weighted by atomic mass is 9.66. The number of aliphatic hydroxyl groups excluding tert-OH is 2. The predicted octanol–water partition coefficient (Wildman–Crippen LogP) is 2.44. The molecule has 0 aromatic heterocycles. The van der Waals surface area contributed by atoms with Gasteiger partial charge in [-0.05, 0) is 61.2 Å². The lowest BCUT2D eigenvalue weighted by Gasteiger charge is -2.39. The van der Waals surface area contributed by atoms with Gasteiger partial charge in [0.05, 0.1) is 0 Å². The molecule has 17 heavy (non-hydrogen) atoms. The maximum absolute atomic E-state index is 9.50. The fourth-order valence-corrected chi connectivity index (χ4v) is 5.21. The van der Waals surface area contributed by atoms with Crippen LogP contribution in [0.1, 0.15) is 44.9 Å². The summed E-state index contributed by atoms with van der Waals surface area (Å²) in [5, 5.41) is 19.0. The smallest absolute Gasteiger partial charge is 0.0462 e. The summed E-state index contributed by atoms with van der Waals surface area (Å²) >= 11 is 0. The molecule has 2 N–H and O–H groups in total. The van der Waals surface area contributed by atoms with Gasteiger partial charge in [-0.2, -0.15) is 0 Å². The average Bonchev–Trinajstić information content (AvgIpc) is 2.74. The van der Waals surface area contributed by atoms with E-state index in [1.807, 2.05) is 0 Å². The van der Waals surface area contributed by atoms with Crippen molar-refractivity contribution in [1.82, 2.24) is 0 Å². The summed E-state index contributed by atoms with van der Waals surface area (Å²) in [6, 6.07) is 0. The van der Waals surface area contributed by atoms with Gasteiger partial charge in [-0.3, -0.25) is 0 Å². The Labute approximate surface area is 104 Å². The molecular formula is C15H26O2. The Kier molecular flexibility index (Phi) is 3.45. The highest BCUT2D eigenvalue weighted by atomic mass is 16.3. The lowest BCUT2D eigenvalue weighted by molar-refractivity contribution is 0.0297. The molecule has 6 atom stereocenters. The van der Waals surface area contributed by atoms with Gasteiger partial charge < -0.3 is 10.2 Å². The topological polar surface area (TPSA) is 40.5 Å². The van der Waals surface area contributed by atoms with E-state index < -0.39 is 0 Å². The first-order valence-corrected chi connectivity index (χ1v) is 7.55. The Morgan fingerprint density at radius 2 is 1.41 bits per heavy atom. The molecule has 3 aliphatic carbocycles. The van der Waals surface area contributed by atoms with E-state index in [0.29, 0.717) is 11.8 Å². The van der Waals surface area contributed by atoms with Crippen LogP contribution in [-0.2, 0) is 0 Å². The number of hydrogen-bond donors (Lipinski definition) is 2. The third kappa shape index (κ3) is 2.04. The van der Waals surface area contributed by atoms with Crippen molar-refractivity contribution >= 4 is 0 Å². The molecule has 98 valence electrons. The first-order valence-electron chi connectivity index (χ1n) is 7.55. The van der Waals surface area contributed by atoms with Crippen molar-refractivity contribution in [3.05, 3.63) is 0 Å². The van der Waals surface area contributed by atoms with Crippen molar-refractivity contribution in [3.8, 4) is 0 Å². The molecule has 0 heterocycles. The maximum Gasteiger partial charge on any atom is 0.0462 e. The summed E-state index contributed by atoms with van der Waals surface area (Å²) in [4.78, 5) is 0. The van der Waals surface area contributed by atoms with E-state index in [4.69, 9.17) is 0 Å². The van der Waals surface area contributed by atoms with E-state index in [9.17, 15) is 10.2 Å². The van der Waals surface area contributed by atoms with E-state index in [2.05, 4.69) is 0 Å². The summed E-state index contributed by atoms with van der Waals surface area (Å²) in [6.45, 7) is 0.565. The summed E-state index contributed by atoms with van der Waals surface area (Å²) in [5.41, 5.74) is 0. The van der Waals surface area contributed by atoms with Crippen LogP contribution in [0.15, 0.2) is 0 Å². The standard InChI is InChI=1S/C15H26O2/c16-8-12-6-11-5-10-3-1-2-4-14(10)15(11)7-13(12)9-17/h10-17H,1-9H2. The second-order valence-electron chi connectivity index (χ2n) is 6.72. The fourth-order valence-electron chi connectivity index (χ4n) is 5.21. The zero-order valence-corrected chi connectivity index (χ0v) is 10.7. The molecular weight excluding hydrogens is 212 g/mol. The van der Waals surface area contributed by atoms with Crippen molar-refractivity contribution in [2.45, 2.75) is 44.9 Å². The molecule has 3 rings (SSSR count). The van der Waals surface area contributed by atoms with Gasteiger partial charge in [0.1, 0.15) is 0 Å². The van der Waals surface area contributed by atoms with Gasteiger partial charge >= 0.3 is 0 Å². The van der Waals surface area contributed by atoms with Gasteiger partial charge in [0.2, 0.25) is 0 Å². The van der Waals surface area contributed by atoms with E-state index in [1.165, 1.54) is 44.9 Å². The van der Waals surface area contributed by atoms with Crippen molar-refractivity contribution in [3.63, 3.8) is 0 Å². The molecule has 0 amide bonds. The Morgan fingerprint density at radius 3 is 2.18 bits per heavy atom. The summed E-state index contributed by atoms with van der Waals surface area (Å²) in [7, 11) is 0. The predicted molar refractivity (Wildman–Crippen MR) is 67.4 cm³/mol. The monoisotopic (exact) mass is 238 g/mol. The normalized spacial score (nSPS) is 49.8. The summed E-state index contributed by atoms with van der Waals surface area (Å²) in [6.07, 6.45) is 9.54. The second-order valence-corrected chi connectivity index (χ2v) is 6.72. The van der Waals surface area contributed by atoms with E-state index in [0.717, 1.165) is 23.7 Å². The molecule has 6 unspecified atom stereocenters. The third-order valence-electron chi connectivity index (χ3n) is 6.04. The van der Waals surface area contributed by atoms with E-state index >= 15 is 0 Å². The van der Waals surface area contributed by atoms with Crippen molar-refractivity contribution < 1.29 is 10.2 Å². The van der Waals surface area contributed by atoms with Gasteiger partial charge in [-0.15, -0.1) is 0 Å². The Bertz CT molecular complexity index is 266. The molecule has 2 nitrogen and oxygen atoms in total. The fraction of sp³-hybridized carbons (Fsp3) is 1.00. The SMILES string of the molecule is OCC1CC2CC3CCCCC3C2CC1CO. The zero-order chi connectivity index (χ0) is 11.8. The highest BCUT2D eigenvalue weighted by Crippen LogP contribution is 2.56. The lowest BCUT2D eigenvalue weighted by Crippen LogP contribution is -2.35. The van der Waals surface area contributed by atoms with Crippen LogP contribution in [0.3, 0.4) is 0 Å². The highest BCUT2D eigenvalue weighted by Gasteiger charge is 2.48. The van der Waals surface area contributed by atoms with Crippen LogP contribution in [0, 0.1) is 35.5 Å². The van der Waals surface area contributed by atoms with Crippen molar-refractivity contribution in [1.29, 1.82) is 0 Å². The molecule has 0 radical (unpaired) electrons. The molecule has 0 aliphatic heterocycles. The number of aliphatic hydroxyl groups is 2. The van der Waals surface area contributed by atoms with Crippen molar-refractivity contribution in [2.24, 2.45) is 35.5 Å². The van der Waals surface area contributed by atoms with Crippen LogP contribution in [0.2, 0.25) is 0 Å². The van der Waals surface area contributed by atoms with E-state index in [1.54, 1.807) is 0 Å². The van der Waals surface area contributed by atoms with Gasteiger partial charge in [0.15, 0.2) is 0 Å². The molecule has 0 aromatic carbocycles. The van der Waals surface area contributed by atoms with Crippen LogP contribution < -0.4 is 0 Å². The Hall–Kier alpha value is -0.0800. The summed E-state index contributed by atoms with van der Waals surface area (Å²) in [5.74, 6) is 4.43. The quantitative estimate of drug-likeness (QED) is 0.775. The Morgan fingerprint density at radius 1 is 0.706 bits per heavy atom. The highest BCUT2D eigenvalue weighted by molar-refractivity contribution is 4.97. The molecule has 0 bridgehead atoms. The molecule has 3 aliphatic rings. The number of hydrogen-bond acceptors (Lipinski definition) is 2. The first kappa shape index (κ1) is 12.0. The largest absolute Gasteiger partial charge is 0.396 e. The molecule has 0 spiro atoms. The minimum atomic E-state index is 0.282. The molecule has 0 saturated heterocycles. The average molecular weight is 238 g/mol. The van der Waals surface area contributed by atoms with Crippen LogP contribution in [0.25, 0.3) is 0 Å². The Balaban J connectivity index is 1.73. The van der Waals surface area contributed by atoms with Crippen LogP contribution in [0.5, 0.6) is 0 Å². The zero-order valence-electron chi connectivity index (χ0n) is 10.7. The second kappa shape index (κ2) is 4.89.